The molecule has 0 N–H and O–H groups in total. The van der Waals surface area contributed by atoms with E-state index < -0.39 is 11.7 Å². The van der Waals surface area contributed by atoms with Gasteiger partial charge in [0.2, 0.25) is 0 Å². The number of benzene rings is 1. The third kappa shape index (κ3) is 3.61. The molecule has 1 saturated heterocycles. The molecule has 0 aliphatic carbocycles. The Hall–Kier alpha value is -1.43. The first-order chi connectivity index (χ1) is 10.0. The molecule has 0 aromatic heterocycles. The van der Waals surface area contributed by atoms with E-state index in [-0.39, 0.29) is 24.0 Å². The van der Waals surface area contributed by atoms with Gasteiger partial charge in [0.25, 0.3) is 5.91 Å². The molecule has 1 atom stereocenters. The maximum atomic E-state index is 13.9. The maximum absolute atomic E-state index is 13.9. The lowest BCUT2D eigenvalue weighted by molar-refractivity contribution is -0.149. The molecule has 0 saturated carbocycles. The van der Waals surface area contributed by atoms with E-state index in [0.717, 1.165) is 0 Å². The normalized spacial score (nSPS) is 18.4. The van der Waals surface area contributed by atoms with E-state index in [9.17, 15) is 14.0 Å². The number of piperidine rings is 1. The van der Waals surface area contributed by atoms with Gasteiger partial charge in [-0.15, -0.1) is 0 Å². The van der Waals surface area contributed by atoms with Crippen molar-refractivity contribution in [1.29, 1.82) is 0 Å². The van der Waals surface area contributed by atoms with Crippen molar-refractivity contribution < 1.29 is 18.7 Å². The topological polar surface area (TPSA) is 46.6 Å². The number of hydrogen-bond donors (Lipinski definition) is 0. The molecule has 0 spiro atoms. The number of rotatable bonds is 3. The minimum Gasteiger partial charge on any atom is -0.466 e. The molecular formula is C15H17BrFNO3. The first-order valence-electron chi connectivity index (χ1n) is 6.94. The van der Waals surface area contributed by atoms with E-state index in [4.69, 9.17) is 4.74 Å². The fourth-order valence-corrected chi connectivity index (χ4v) is 2.99. The Labute approximate surface area is 131 Å². The number of hydrogen-bond acceptors (Lipinski definition) is 3. The Morgan fingerprint density at radius 2 is 2.24 bits per heavy atom. The zero-order valence-corrected chi connectivity index (χ0v) is 13.4. The molecule has 1 fully saturated rings. The summed E-state index contributed by atoms with van der Waals surface area (Å²) in [4.78, 5) is 25.8. The minimum absolute atomic E-state index is 0.0157. The molecule has 1 heterocycles. The summed E-state index contributed by atoms with van der Waals surface area (Å²) in [7, 11) is 0. The fourth-order valence-electron chi connectivity index (χ4n) is 2.47. The lowest BCUT2D eigenvalue weighted by Gasteiger charge is -2.31. The zero-order chi connectivity index (χ0) is 15.4. The van der Waals surface area contributed by atoms with Crippen molar-refractivity contribution in [3.63, 3.8) is 0 Å². The van der Waals surface area contributed by atoms with Crippen LogP contribution in [-0.2, 0) is 9.53 Å². The minimum atomic E-state index is -0.562. The van der Waals surface area contributed by atoms with Crippen molar-refractivity contribution in [2.24, 2.45) is 5.92 Å². The number of carbonyl (C=O) groups excluding carboxylic acids is 2. The molecule has 0 unspecified atom stereocenters. The Morgan fingerprint density at radius 1 is 1.48 bits per heavy atom. The van der Waals surface area contributed by atoms with Gasteiger partial charge in [0.15, 0.2) is 0 Å². The lowest BCUT2D eigenvalue weighted by Crippen LogP contribution is -2.43. The van der Waals surface area contributed by atoms with Gasteiger partial charge < -0.3 is 9.64 Å². The summed E-state index contributed by atoms with van der Waals surface area (Å²) < 4.78 is 19.3. The average molecular weight is 358 g/mol. The SMILES string of the molecule is CCOC(=O)[C@H]1CCCN(C(=O)c2c(F)cccc2Br)C1. The predicted octanol–water partition coefficient (Wildman–Crippen LogP) is 3.00. The second-order valence-corrected chi connectivity index (χ2v) is 5.79. The third-order valence-corrected chi connectivity index (χ3v) is 4.17. The molecular weight excluding hydrogens is 341 g/mol. The average Bonchev–Trinajstić information content (AvgIpc) is 2.47. The Morgan fingerprint density at radius 3 is 2.90 bits per heavy atom. The summed E-state index contributed by atoms with van der Waals surface area (Å²) in [5.74, 6) is -1.57. The standard InChI is InChI=1S/C15H17BrFNO3/c1-2-21-15(20)10-5-4-8-18(9-10)14(19)13-11(16)6-3-7-12(13)17/h3,6-7,10H,2,4-5,8-9H2,1H3/t10-/m0/s1. The number of ether oxygens (including phenoxy) is 1. The summed E-state index contributed by atoms with van der Waals surface area (Å²) >= 11 is 3.20. The molecule has 0 radical (unpaired) electrons. The molecule has 1 aromatic carbocycles. The fraction of sp³-hybridized carbons (Fsp3) is 0.467. The molecule has 21 heavy (non-hydrogen) atoms. The highest BCUT2D eigenvalue weighted by molar-refractivity contribution is 9.10. The van der Waals surface area contributed by atoms with Crippen molar-refractivity contribution in [3.8, 4) is 0 Å². The highest BCUT2D eigenvalue weighted by atomic mass is 79.9. The van der Waals surface area contributed by atoms with E-state index >= 15 is 0 Å². The molecule has 6 heteroatoms. The van der Waals surface area contributed by atoms with Gasteiger partial charge in [-0.05, 0) is 47.8 Å². The maximum Gasteiger partial charge on any atom is 0.310 e. The van der Waals surface area contributed by atoms with Gasteiger partial charge in [-0.3, -0.25) is 9.59 Å². The van der Waals surface area contributed by atoms with E-state index in [1.54, 1.807) is 13.0 Å². The van der Waals surface area contributed by atoms with E-state index in [1.807, 2.05) is 0 Å². The van der Waals surface area contributed by atoms with Crippen LogP contribution in [0.15, 0.2) is 22.7 Å². The molecule has 2 rings (SSSR count). The Balaban J connectivity index is 2.14. The van der Waals surface area contributed by atoms with Crippen molar-refractivity contribution in [2.45, 2.75) is 19.8 Å². The summed E-state index contributed by atoms with van der Waals surface area (Å²) in [6.45, 7) is 2.87. The molecule has 1 aliphatic heterocycles. The van der Waals surface area contributed by atoms with Crippen molar-refractivity contribution in [2.75, 3.05) is 19.7 Å². The van der Waals surface area contributed by atoms with Gasteiger partial charge in [0.1, 0.15) is 5.82 Å². The van der Waals surface area contributed by atoms with Crippen LogP contribution >= 0.6 is 15.9 Å². The number of amides is 1. The number of nitrogens with zero attached hydrogens (tertiary/aromatic N) is 1. The van der Waals surface area contributed by atoms with E-state index in [0.29, 0.717) is 30.5 Å². The van der Waals surface area contributed by atoms with Crippen molar-refractivity contribution in [1.82, 2.24) is 4.90 Å². The van der Waals surface area contributed by atoms with Gasteiger partial charge in [-0.2, -0.15) is 0 Å². The molecule has 0 bridgehead atoms. The highest BCUT2D eigenvalue weighted by Gasteiger charge is 2.31. The van der Waals surface area contributed by atoms with Crippen LogP contribution in [0, 0.1) is 11.7 Å². The number of esters is 1. The number of likely N-dealkylation sites (tertiary alicyclic amines) is 1. The van der Waals surface area contributed by atoms with E-state index in [1.165, 1.54) is 17.0 Å². The molecule has 1 aromatic rings. The second kappa shape index (κ2) is 7.02. The smallest absolute Gasteiger partial charge is 0.310 e. The first kappa shape index (κ1) is 15.9. The van der Waals surface area contributed by atoms with Gasteiger partial charge in [0, 0.05) is 17.6 Å². The third-order valence-electron chi connectivity index (χ3n) is 3.51. The van der Waals surface area contributed by atoms with Gasteiger partial charge in [-0.25, -0.2) is 4.39 Å². The Kier molecular flexibility index (Phi) is 5.33. The lowest BCUT2D eigenvalue weighted by atomic mass is 9.97. The van der Waals surface area contributed by atoms with Gasteiger partial charge in [-0.1, -0.05) is 6.07 Å². The van der Waals surface area contributed by atoms with E-state index in [2.05, 4.69) is 15.9 Å². The van der Waals surface area contributed by atoms with Crippen molar-refractivity contribution >= 4 is 27.8 Å². The number of carbonyl (C=O) groups is 2. The molecule has 114 valence electrons. The summed E-state index contributed by atoms with van der Waals surface area (Å²) in [5, 5.41) is 0. The molecule has 4 nitrogen and oxygen atoms in total. The monoisotopic (exact) mass is 357 g/mol. The van der Waals surface area contributed by atoms with Crippen LogP contribution in [0.4, 0.5) is 4.39 Å². The van der Waals surface area contributed by atoms with Gasteiger partial charge in [0.05, 0.1) is 18.1 Å². The van der Waals surface area contributed by atoms with Gasteiger partial charge >= 0.3 is 5.97 Å². The molecule has 1 amide bonds. The van der Waals surface area contributed by atoms with Crippen LogP contribution in [0.3, 0.4) is 0 Å². The predicted molar refractivity (Wildman–Crippen MR) is 79.4 cm³/mol. The largest absolute Gasteiger partial charge is 0.466 e. The second-order valence-electron chi connectivity index (χ2n) is 4.94. The van der Waals surface area contributed by atoms with Crippen LogP contribution in [0.5, 0.6) is 0 Å². The van der Waals surface area contributed by atoms with Crippen LogP contribution < -0.4 is 0 Å². The summed E-state index contributed by atoms with van der Waals surface area (Å²) in [6, 6.07) is 4.42. The van der Waals surface area contributed by atoms with Crippen molar-refractivity contribution in [3.05, 3.63) is 34.1 Å². The zero-order valence-electron chi connectivity index (χ0n) is 11.8. The summed E-state index contributed by atoms with van der Waals surface area (Å²) in [6.07, 6.45) is 1.41. The summed E-state index contributed by atoms with van der Waals surface area (Å²) in [5.41, 5.74) is 0.0157. The van der Waals surface area contributed by atoms with Crippen LogP contribution in [0.2, 0.25) is 0 Å². The first-order valence-corrected chi connectivity index (χ1v) is 7.73. The highest BCUT2D eigenvalue weighted by Crippen LogP contribution is 2.25. The quantitative estimate of drug-likeness (QED) is 0.781. The van der Waals surface area contributed by atoms with Crippen LogP contribution in [0.1, 0.15) is 30.1 Å². The van der Waals surface area contributed by atoms with Crippen LogP contribution in [-0.4, -0.2) is 36.5 Å². The number of halogens is 2. The van der Waals surface area contributed by atoms with Crippen LogP contribution in [0.25, 0.3) is 0 Å². The Bertz CT molecular complexity index is 529. The molecule has 1 aliphatic rings.